The lowest BCUT2D eigenvalue weighted by Crippen LogP contribution is -2.47. The maximum absolute atomic E-state index is 11.0. The van der Waals surface area contributed by atoms with E-state index in [1.165, 1.54) is 6.07 Å². The van der Waals surface area contributed by atoms with Gasteiger partial charge in [0, 0.05) is 18.5 Å². The molecule has 6 heteroatoms. The summed E-state index contributed by atoms with van der Waals surface area (Å²) in [5.41, 5.74) is -0.809. The van der Waals surface area contributed by atoms with Gasteiger partial charge < -0.3 is 4.74 Å². The van der Waals surface area contributed by atoms with Crippen LogP contribution < -0.4 is 10.1 Å². The lowest BCUT2D eigenvalue weighted by atomic mass is 9.95. The van der Waals surface area contributed by atoms with E-state index in [2.05, 4.69) is 11.4 Å². The lowest BCUT2D eigenvalue weighted by Gasteiger charge is -2.28. The molecule has 114 valence electrons. The van der Waals surface area contributed by atoms with Gasteiger partial charge in [0.25, 0.3) is 0 Å². The first kappa shape index (κ1) is 16.9. The molecule has 6 nitrogen and oxygen atoms in total. The SMILES string of the molecule is CC(C)NC(C)(C#N)CC(C)Oc1ccccc1[N+](=O)[O-]. The molecule has 1 aromatic carbocycles. The molecule has 0 saturated carbocycles. The molecule has 0 aliphatic rings. The van der Waals surface area contributed by atoms with E-state index in [1.807, 2.05) is 13.8 Å². The number of nitrogens with zero attached hydrogens (tertiary/aromatic N) is 2. The summed E-state index contributed by atoms with van der Waals surface area (Å²) in [6.07, 6.45) is 0.0929. The number of nitriles is 1. The van der Waals surface area contributed by atoms with E-state index in [1.54, 1.807) is 32.0 Å². The minimum absolute atomic E-state index is 0.0696. The Labute approximate surface area is 124 Å². The second kappa shape index (κ2) is 7.04. The number of ether oxygens (including phenoxy) is 1. The summed E-state index contributed by atoms with van der Waals surface area (Å²) in [4.78, 5) is 10.5. The van der Waals surface area contributed by atoms with E-state index in [4.69, 9.17) is 4.74 Å². The number of para-hydroxylation sites is 2. The minimum Gasteiger partial charge on any atom is -0.484 e. The van der Waals surface area contributed by atoms with Gasteiger partial charge in [0.1, 0.15) is 5.54 Å². The summed E-state index contributed by atoms with van der Waals surface area (Å²) < 4.78 is 5.65. The summed E-state index contributed by atoms with van der Waals surface area (Å²) in [6, 6.07) is 8.64. The van der Waals surface area contributed by atoms with E-state index < -0.39 is 10.5 Å². The van der Waals surface area contributed by atoms with Gasteiger partial charge in [0.2, 0.25) is 0 Å². The van der Waals surface area contributed by atoms with Crippen LogP contribution in [0.25, 0.3) is 0 Å². The van der Waals surface area contributed by atoms with Gasteiger partial charge in [-0.25, -0.2) is 0 Å². The maximum atomic E-state index is 11.0. The molecule has 21 heavy (non-hydrogen) atoms. The number of nitro benzene ring substituents is 1. The molecule has 0 fully saturated rings. The van der Waals surface area contributed by atoms with Crippen LogP contribution in [0.4, 0.5) is 5.69 Å². The standard InChI is InChI=1S/C15H21N3O3/c1-11(2)17-15(4,10-16)9-12(3)21-14-8-6-5-7-13(14)18(19)20/h5-8,11-12,17H,9H2,1-4H3. The predicted molar refractivity (Wildman–Crippen MR) is 80.1 cm³/mol. The van der Waals surface area contributed by atoms with Crippen LogP contribution in [0.5, 0.6) is 5.75 Å². The Morgan fingerprint density at radius 1 is 1.43 bits per heavy atom. The van der Waals surface area contributed by atoms with Crippen molar-refractivity contribution in [3.05, 3.63) is 34.4 Å². The average molecular weight is 291 g/mol. The Morgan fingerprint density at radius 2 is 2.05 bits per heavy atom. The summed E-state index contributed by atoms with van der Waals surface area (Å²) in [5.74, 6) is 0.222. The zero-order valence-electron chi connectivity index (χ0n) is 12.8. The van der Waals surface area contributed by atoms with E-state index in [0.717, 1.165) is 0 Å². The first-order valence-corrected chi connectivity index (χ1v) is 6.86. The molecule has 1 N–H and O–H groups in total. The van der Waals surface area contributed by atoms with Gasteiger partial charge in [-0.05, 0) is 33.8 Å². The molecule has 1 rings (SSSR count). The van der Waals surface area contributed by atoms with Crippen molar-refractivity contribution < 1.29 is 9.66 Å². The van der Waals surface area contributed by atoms with Crippen LogP contribution in [-0.2, 0) is 0 Å². The molecule has 0 radical (unpaired) electrons. The van der Waals surface area contributed by atoms with Crippen molar-refractivity contribution in [1.29, 1.82) is 5.26 Å². The summed E-state index contributed by atoms with van der Waals surface area (Å²) in [7, 11) is 0. The highest BCUT2D eigenvalue weighted by atomic mass is 16.6. The molecule has 0 aliphatic heterocycles. The number of hydrogen-bond acceptors (Lipinski definition) is 5. The topological polar surface area (TPSA) is 88.2 Å². The van der Waals surface area contributed by atoms with Crippen molar-refractivity contribution in [2.24, 2.45) is 0 Å². The maximum Gasteiger partial charge on any atom is 0.310 e. The van der Waals surface area contributed by atoms with Crippen molar-refractivity contribution in [2.75, 3.05) is 0 Å². The van der Waals surface area contributed by atoms with Crippen molar-refractivity contribution in [3.8, 4) is 11.8 Å². The number of nitro groups is 1. The molecule has 0 bridgehead atoms. The highest BCUT2D eigenvalue weighted by molar-refractivity contribution is 5.45. The second-order valence-corrected chi connectivity index (χ2v) is 5.60. The van der Waals surface area contributed by atoms with E-state index in [0.29, 0.717) is 6.42 Å². The van der Waals surface area contributed by atoms with Crippen molar-refractivity contribution in [3.63, 3.8) is 0 Å². The zero-order valence-corrected chi connectivity index (χ0v) is 12.8. The molecule has 0 aliphatic carbocycles. The lowest BCUT2D eigenvalue weighted by molar-refractivity contribution is -0.386. The minimum atomic E-state index is -0.739. The quantitative estimate of drug-likeness (QED) is 0.616. The fourth-order valence-corrected chi connectivity index (χ4v) is 2.31. The normalized spacial score (nSPS) is 15.0. The van der Waals surface area contributed by atoms with E-state index >= 15 is 0 Å². The smallest absolute Gasteiger partial charge is 0.310 e. The molecule has 2 unspecified atom stereocenters. The van der Waals surface area contributed by atoms with E-state index in [-0.39, 0.29) is 23.6 Å². The highest BCUT2D eigenvalue weighted by Crippen LogP contribution is 2.28. The molecular formula is C15H21N3O3. The summed E-state index contributed by atoms with van der Waals surface area (Å²) >= 11 is 0. The Balaban J connectivity index is 2.80. The Bertz CT molecular complexity index is 539. The van der Waals surface area contributed by atoms with Gasteiger partial charge in [-0.1, -0.05) is 12.1 Å². The monoisotopic (exact) mass is 291 g/mol. The Morgan fingerprint density at radius 3 is 2.57 bits per heavy atom. The van der Waals surface area contributed by atoms with Crippen molar-refractivity contribution in [2.45, 2.75) is 51.8 Å². The molecule has 0 heterocycles. The largest absolute Gasteiger partial charge is 0.484 e. The molecule has 2 atom stereocenters. The fraction of sp³-hybridized carbons (Fsp3) is 0.533. The van der Waals surface area contributed by atoms with Crippen LogP contribution in [0.2, 0.25) is 0 Å². The third-order valence-electron chi connectivity index (χ3n) is 2.94. The highest BCUT2D eigenvalue weighted by Gasteiger charge is 2.28. The van der Waals surface area contributed by atoms with Crippen LogP contribution in [-0.4, -0.2) is 22.6 Å². The molecular weight excluding hydrogens is 270 g/mol. The predicted octanol–water partition coefficient (Wildman–Crippen LogP) is 3.03. The number of benzene rings is 1. The number of hydrogen-bond donors (Lipinski definition) is 1. The summed E-state index contributed by atoms with van der Waals surface area (Å²) in [5, 5.41) is 23.5. The van der Waals surface area contributed by atoms with Gasteiger partial charge in [0.05, 0.1) is 17.1 Å². The Hall–Kier alpha value is -2.13. The first-order valence-electron chi connectivity index (χ1n) is 6.86. The van der Waals surface area contributed by atoms with Crippen LogP contribution in [0.15, 0.2) is 24.3 Å². The Kier molecular flexibility index (Phi) is 5.68. The van der Waals surface area contributed by atoms with Crippen LogP contribution in [0.3, 0.4) is 0 Å². The second-order valence-electron chi connectivity index (χ2n) is 5.60. The van der Waals surface area contributed by atoms with Gasteiger partial charge in [0.15, 0.2) is 5.75 Å². The molecule has 0 amide bonds. The van der Waals surface area contributed by atoms with Gasteiger partial charge in [-0.2, -0.15) is 5.26 Å². The zero-order chi connectivity index (χ0) is 16.0. The van der Waals surface area contributed by atoms with Crippen LogP contribution in [0.1, 0.15) is 34.1 Å². The van der Waals surface area contributed by atoms with Crippen LogP contribution in [0, 0.1) is 21.4 Å². The third kappa shape index (κ3) is 5.04. The van der Waals surface area contributed by atoms with Crippen molar-refractivity contribution >= 4 is 5.69 Å². The fourth-order valence-electron chi connectivity index (χ4n) is 2.31. The molecule has 0 spiro atoms. The van der Waals surface area contributed by atoms with E-state index in [9.17, 15) is 15.4 Å². The number of rotatable bonds is 7. The van der Waals surface area contributed by atoms with Crippen LogP contribution >= 0.6 is 0 Å². The molecule has 1 aromatic rings. The molecule has 0 saturated heterocycles. The third-order valence-corrected chi connectivity index (χ3v) is 2.94. The number of nitrogens with one attached hydrogen (secondary N) is 1. The first-order chi connectivity index (χ1) is 9.77. The molecule has 0 aromatic heterocycles. The average Bonchev–Trinajstić information content (AvgIpc) is 2.37. The van der Waals surface area contributed by atoms with Crippen molar-refractivity contribution in [1.82, 2.24) is 5.32 Å². The van der Waals surface area contributed by atoms with Gasteiger partial charge >= 0.3 is 5.69 Å². The van der Waals surface area contributed by atoms with Gasteiger partial charge in [-0.3, -0.25) is 15.4 Å². The van der Waals surface area contributed by atoms with Gasteiger partial charge in [-0.15, -0.1) is 0 Å². The summed E-state index contributed by atoms with van der Waals surface area (Å²) in [6.45, 7) is 7.52.